The molecule has 2 aromatic rings. The first kappa shape index (κ1) is 23.4. The number of methoxy groups -OCH3 is 1. The van der Waals surface area contributed by atoms with Crippen LogP contribution >= 0.6 is 0 Å². The first-order chi connectivity index (χ1) is 15.8. The Morgan fingerprint density at radius 3 is 2.48 bits per heavy atom. The number of carbonyl (C=O) groups excluding carboxylic acids is 1. The number of fused-ring (bicyclic) bond motifs is 1. The zero-order valence-corrected chi connectivity index (χ0v) is 20.0. The Morgan fingerprint density at radius 1 is 1.09 bits per heavy atom. The fourth-order valence-electron chi connectivity index (χ4n) is 4.09. The van der Waals surface area contributed by atoms with E-state index in [1.165, 1.54) is 29.6 Å². The summed E-state index contributed by atoms with van der Waals surface area (Å²) < 4.78 is 44.4. The molecule has 0 aliphatic carbocycles. The summed E-state index contributed by atoms with van der Waals surface area (Å²) in [6.45, 7) is 5.93. The Morgan fingerprint density at radius 2 is 1.79 bits per heavy atom. The van der Waals surface area contributed by atoms with Crippen LogP contribution in [0.4, 0.5) is 0 Å². The Kier molecular flexibility index (Phi) is 6.81. The van der Waals surface area contributed by atoms with Gasteiger partial charge in [0.05, 0.1) is 23.6 Å². The van der Waals surface area contributed by atoms with Crippen LogP contribution in [0.15, 0.2) is 41.3 Å². The fraction of sp³-hybridized carbons (Fsp3) is 0.458. The molecule has 9 heteroatoms. The van der Waals surface area contributed by atoms with Crippen LogP contribution in [0.1, 0.15) is 48.7 Å². The van der Waals surface area contributed by atoms with Gasteiger partial charge < -0.3 is 19.5 Å². The molecule has 0 bridgehead atoms. The minimum absolute atomic E-state index is 0.0926. The second kappa shape index (κ2) is 9.61. The van der Waals surface area contributed by atoms with Gasteiger partial charge in [0.1, 0.15) is 19.0 Å². The van der Waals surface area contributed by atoms with Gasteiger partial charge in [-0.1, -0.05) is 13.0 Å². The molecule has 1 N–H and O–H groups in total. The number of rotatable bonds is 6. The predicted octanol–water partition coefficient (Wildman–Crippen LogP) is 3.38. The summed E-state index contributed by atoms with van der Waals surface area (Å²) in [5, 5.41) is 2.93. The van der Waals surface area contributed by atoms with E-state index in [1.807, 2.05) is 25.1 Å². The van der Waals surface area contributed by atoms with E-state index < -0.39 is 15.9 Å². The molecule has 0 spiro atoms. The molecular weight excluding hydrogens is 444 g/mol. The molecule has 2 aliphatic heterocycles. The lowest BCUT2D eigenvalue weighted by Gasteiger charge is -2.29. The van der Waals surface area contributed by atoms with Gasteiger partial charge in [-0.2, -0.15) is 4.31 Å². The number of sulfonamides is 1. The summed E-state index contributed by atoms with van der Waals surface area (Å²) in [5.74, 6) is 1.72. The maximum Gasteiger partial charge on any atom is 0.255 e. The molecular formula is C24H30N2O6S. The van der Waals surface area contributed by atoms with Gasteiger partial charge >= 0.3 is 0 Å². The molecule has 0 unspecified atom stereocenters. The van der Waals surface area contributed by atoms with Crippen LogP contribution in [0.5, 0.6) is 17.2 Å². The van der Waals surface area contributed by atoms with Gasteiger partial charge in [0.15, 0.2) is 11.5 Å². The molecule has 1 amide bonds. The molecule has 0 aromatic heterocycles. The van der Waals surface area contributed by atoms with E-state index in [0.717, 1.165) is 18.4 Å². The third kappa shape index (κ3) is 4.94. The van der Waals surface area contributed by atoms with Crippen LogP contribution in [0.2, 0.25) is 0 Å². The van der Waals surface area contributed by atoms with Crippen LogP contribution in [-0.4, -0.2) is 52.0 Å². The Balaban J connectivity index is 1.55. The van der Waals surface area contributed by atoms with E-state index in [9.17, 15) is 13.2 Å². The quantitative estimate of drug-likeness (QED) is 0.690. The van der Waals surface area contributed by atoms with Crippen molar-refractivity contribution >= 4 is 15.9 Å². The number of hydrogen-bond donors (Lipinski definition) is 1. The van der Waals surface area contributed by atoms with Crippen molar-refractivity contribution in [2.24, 2.45) is 5.92 Å². The van der Waals surface area contributed by atoms with Crippen LogP contribution in [-0.2, 0) is 10.0 Å². The molecule has 1 fully saturated rings. The molecule has 2 aromatic carbocycles. The lowest BCUT2D eigenvalue weighted by Crippen LogP contribution is -2.38. The number of carbonyl (C=O) groups is 1. The summed E-state index contributed by atoms with van der Waals surface area (Å²) >= 11 is 0. The molecule has 1 atom stereocenters. The van der Waals surface area contributed by atoms with Gasteiger partial charge in [-0.25, -0.2) is 8.42 Å². The highest BCUT2D eigenvalue weighted by Crippen LogP contribution is 2.33. The van der Waals surface area contributed by atoms with Crippen molar-refractivity contribution in [1.82, 2.24) is 9.62 Å². The highest BCUT2D eigenvalue weighted by molar-refractivity contribution is 7.89. The molecule has 8 nitrogen and oxygen atoms in total. The number of nitrogens with one attached hydrogen (secondary N) is 1. The number of ether oxygens (including phenoxy) is 3. The number of piperidine rings is 1. The highest BCUT2D eigenvalue weighted by Gasteiger charge is 2.29. The van der Waals surface area contributed by atoms with Crippen molar-refractivity contribution in [3.63, 3.8) is 0 Å². The molecule has 4 rings (SSSR count). The largest absolute Gasteiger partial charge is 0.496 e. The minimum atomic E-state index is -3.69. The molecule has 0 saturated carbocycles. The van der Waals surface area contributed by atoms with E-state index in [-0.39, 0.29) is 16.5 Å². The molecule has 1 saturated heterocycles. The lowest BCUT2D eigenvalue weighted by atomic mass is 10.0. The first-order valence-corrected chi connectivity index (χ1v) is 12.6. The maximum absolute atomic E-state index is 13.2. The summed E-state index contributed by atoms with van der Waals surface area (Å²) in [6, 6.07) is 9.61. The summed E-state index contributed by atoms with van der Waals surface area (Å²) in [7, 11) is -2.24. The van der Waals surface area contributed by atoms with Crippen molar-refractivity contribution in [1.29, 1.82) is 0 Å². The van der Waals surface area contributed by atoms with Gasteiger partial charge in [-0.05, 0) is 61.6 Å². The van der Waals surface area contributed by atoms with Gasteiger partial charge in [-0.3, -0.25) is 4.79 Å². The first-order valence-electron chi connectivity index (χ1n) is 11.2. The van der Waals surface area contributed by atoms with Crippen molar-refractivity contribution < 1.29 is 27.4 Å². The summed E-state index contributed by atoms with van der Waals surface area (Å²) in [5.41, 5.74) is 1.02. The monoisotopic (exact) mass is 474 g/mol. The van der Waals surface area contributed by atoms with Gasteiger partial charge in [0, 0.05) is 13.1 Å². The standard InChI is InChI=1S/C24H30N2O6S/c1-16-8-10-26(11-9-16)33(28,29)19-5-7-21(30-3)20(15-19)24(27)25-17(2)18-4-6-22-23(14-18)32-13-12-31-22/h4-7,14-17H,8-13H2,1-3H3,(H,25,27)/t17-/m1/s1. The van der Waals surface area contributed by atoms with E-state index >= 15 is 0 Å². The highest BCUT2D eigenvalue weighted by atomic mass is 32.2. The Bertz CT molecular complexity index is 1130. The molecule has 0 radical (unpaired) electrons. The van der Waals surface area contributed by atoms with Gasteiger partial charge in [-0.15, -0.1) is 0 Å². The number of benzene rings is 2. The smallest absolute Gasteiger partial charge is 0.255 e. The predicted molar refractivity (Wildman–Crippen MR) is 123 cm³/mol. The zero-order valence-electron chi connectivity index (χ0n) is 19.2. The number of amides is 1. The van der Waals surface area contributed by atoms with Crippen LogP contribution in [0, 0.1) is 5.92 Å². The average Bonchev–Trinajstić information content (AvgIpc) is 2.83. The van der Waals surface area contributed by atoms with E-state index in [2.05, 4.69) is 12.2 Å². The minimum Gasteiger partial charge on any atom is -0.496 e. The molecule has 33 heavy (non-hydrogen) atoms. The summed E-state index contributed by atoms with van der Waals surface area (Å²) in [6.07, 6.45) is 1.66. The normalized spacial score (nSPS) is 17.9. The van der Waals surface area contributed by atoms with Crippen LogP contribution in [0.25, 0.3) is 0 Å². The van der Waals surface area contributed by atoms with E-state index in [0.29, 0.717) is 49.5 Å². The topological polar surface area (TPSA) is 94.2 Å². The van der Waals surface area contributed by atoms with Crippen molar-refractivity contribution in [2.75, 3.05) is 33.4 Å². The lowest BCUT2D eigenvalue weighted by molar-refractivity contribution is 0.0936. The van der Waals surface area contributed by atoms with Crippen molar-refractivity contribution in [3.8, 4) is 17.2 Å². The summed E-state index contributed by atoms with van der Waals surface area (Å²) in [4.78, 5) is 13.2. The van der Waals surface area contributed by atoms with E-state index in [4.69, 9.17) is 14.2 Å². The fourth-order valence-corrected chi connectivity index (χ4v) is 5.58. The van der Waals surface area contributed by atoms with E-state index in [1.54, 1.807) is 0 Å². The van der Waals surface area contributed by atoms with Crippen molar-refractivity contribution in [2.45, 2.75) is 37.6 Å². The van der Waals surface area contributed by atoms with Crippen LogP contribution < -0.4 is 19.5 Å². The number of hydrogen-bond acceptors (Lipinski definition) is 6. The van der Waals surface area contributed by atoms with Gasteiger partial charge in [0.25, 0.3) is 5.91 Å². The second-order valence-electron chi connectivity index (χ2n) is 8.55. The number of nitrogens with zero attached hydrogens (tertiary/aromatic N) is 1. The second-order valence-corrected chi connectivity index (χ2v) is 10.5. The molecule has 2 aliphatic rings. The Hall–Kier alpha value is -2.78. The SMILES string of the molecule is COc1ccc(S(=O)(=O)N2CCC(C)CC2)cc1C(=O)N[C@H](C)c1ccc2c(c1)OCCO2. The zero-order chi connectivity index (χ0) is 23.6. The van der Waals surface area contributed by atoms with Gasteiger partial charge in [0.2, 0.25) is 10.0 Å². The van der Waals surface area contributed by atoms with Crippen molar-refractivity contribution in [3.05, 3.63) is 47.5 Å². The maximum atomic E-state index is 13.2. The third-order valence-electron chi connectivity index (χ3n) is 6.21. The third-order valence-corrected chi connectivity index (χ3v) is 8.10. The average molecular weight is 475 g/mol. The molecule has 2 heterocycles. The van der Waals surface area contributed by atoms with Crippen LogP contribution in [0.3, 0.4) is 0 Å². The molecule has 178 valence electrons. The Labute approximate surface area is 194 Å².